The summed E-state index contributed by atoms with van der Waals surface area (Å²) in [4.78, 5) is 0. The van der Waals surface area contributed by atoms with E-state index in [0.29, 0.717) is 24.7 Å². The van der Waals surface area contributed by atoms with Crippen molar-refractivity contribution < 1.29 is 19.3 Å². The van der Waals surface area contributed by atoms with Crippen LogP contribution in [0.1, 0.15) is 43.7 Å². The van der Waals surface area contributed by atoms with Gasteiger partial charge in [0.1, 0.15) is 5.75 Å². The molecule has 0 saturated carbocycles. The predicted molar refractivity (Wildman–Crippen MR) is 109 cm³/mol. The summed E-state index contributed by atoms with van der Waals surface area (Å²) in [5.74, 6) is 1.40. The number of benzene rings is 2. The molecule has 4 nitrogen and oxygen atoms in total. The van der Waals surface area contributed by atoms with Gasteiger partial charge in [-0.1, -0.05) is 42.0 Å². The standard InChI is InChI=1S/C23H30O4/c1-17(2)9-8-12-19(16-27-15-18-10-6-5-7-11-18)20-13-22(25-3)23(26-4)14-21(20)24/h5-7,9-11,13-14,19,24H,8,12,15-16H2,1-4H3. The second kappa shape index (κ2) is 10.6. The predicted octanol–water partition coefficient (Wildman–Crippen LogP) is 5.46. The smallest absolute Gasteiger partial charge is 0.164 e. The van der Waals surface area contributed by atoms with Crippen LogP contribution >= 0.6 is 0 Å². The molecule has 0 spiro atoms. The molecule has 0 saturated heterocycles. The molecule has 146 valence electrons. The summed E-state index contributed by atoms with van der Waals surface area (Å²) < 4.78 is 16.7. The van der Waals surface area contributed by atoms with Crippen molar-refractivity contribution in [3.8, 4) is 17.2 Å². The van der Waals surface area contributed by atoms with Crippen molar-refractivity contribution in [3.63, 3.8) is 0 Å². The minimum atomic E-state index is 0.0594. The van der Waals surface area contributed by atoms with Crippen molar-refractivity contribution in [2.24, 2.45) is 0 Å². The van der Waals surface area contributed by atoms with Gasteiger partial charge in [-0.3, -0.25) is 0 Å². The molecule has 2 aromatic rings. The summed E-state index contributed by atoms with van der Waals surface area (Å²) in [7, 11) is 3.16. The van der Waals surface area contributed by atoms with E-state index in [4.69, 9.17) is 14.2 Å². The van der Waals surface area contributed by atoms with Crippen molar-refractivity contribution in [1.29, 1.82) is 0 Å². The van der Waals surface area contributed by atoms with Gasteiger partial charge in [0.25, 0.3) is 0 Å². The van der Waals surface area contributed by atoms with Crippen molar-refractivity contribution in [3.05, 3.63) is 65.2 Å². The van der Waals surface area contributed by atoms with Gasteiger partial charge in [0.05, 0.1) is 27.4 Å². The lowest BCUT2D eigenvalue weighted by Gasteiger charge is -2.20. The number of hydrogen-bond donors (Lipinski definition) is 1. The molecule has 0 heterocycles. The summed E-state index contributed by atoms with van der Waals surface area (Å²) in [5.41, 5.74) is 3.25. The fraction of sp³-hybridized carbons (Fsp3) is 0.391. The Bertz CT molecular complexity index is 734. The Hall–Kier alpha value is -2.46. The Labute approximate surface area is 162 Å². The van der Waals surface area contributed by atoms with E-state index >= 15 is 0 Å². The van der Waals surface area contributed by atoms with Crippen LogP contribution in [0.4, 0.5) is 0 Å². The van der Waals surface area contributed by atoms with Crippen molar-refractivity contribution >= 4 is 0 Å². The Kier molecular flexibility index (Phi) is 8.21. The third-order valence-electron chi connectivity index (χ3n) is 4.47. The molecule has 1 atom stereocenters. The molecule has 0 aliphatic rings. The first kappa shape index (κ1) is 20.8. The first-order chi connectivity index (χ1) is 13.0. The van der Waals surface area contributed by atoms with E-state index in [1.807, 2.05) is 36.4 Å². The van der Waals surface area contributed by atoms with E-state index < -0.39 is 0 Å². The van der Waals surface area contributed by atoms with Gasteiger partial charge < -0.3 is 19.3 Å². The Morgan fingerprint density at radius 2 is 1.70 bits per heavy atom. The van der Waals surface area contributed by atoms with Crippen molar-refractivity contribution in [2.75, 3.05) is 20.8 Å². The molecule has 1 N–H and O–H groups in total. The first-order valence-corrected chi connectivity index (χ1v) is 9.25. The molecule has 4 heteroatoms. The molecule has 0 aliphatic carbocycles. The largest absolute Gasteiger partial charge is 0.508 e. The van der Waals surface area contributed by atoms with Crippen LogP contribution in [0.15, 0.2) is 54.1 Å². The van der Waals surface area contributed by atoms with Gasteiger partial charge in [-0.25, -0.2) is 0 Å². The topological polar surface area (TPSA) is 47.9 Å². The number of phenolic OH excluding ortho intramolecular Hbond substituents is 1. The third kappa shape index (κ3) is 6.33. The van der Waals surface area contributed by atoms with Crippen molar-refractivity contribution in [2.45, 2.75) is 39.2 Å². The minimum Gasteiger partial charge on any atom is -0.508 e. The fourth-order valence-electron chi connectivity index (χ4n) is 3.01. The van der Waals surface area contributed by atoms with Gasteiger partial charge in [0.15, 0.2) is 11.5 Å². The highest BCUT2D eigenvalue weighted by atomic mass is 16.5. The number of rotatable bonds is 10. The van der Waals surface area contributed by atoms with Gasteiger partial charge in [-0.05, 0) is 38.3 Å². The number of hydrogen-bond acceptors (Lipinski definition) is 4. The summed E-state index contributed by atoms with van der Waals surface area (Å²) >= 11 is 0. The third-order valence-corrected chi connectivity index (χ3v) is 4.47. The number of ether oxygens (including phenoxy) is 3. The maximum absolute atomic E-state index is 10.5. The molecule has 2 aromatic carbocycles. The van der Waals surface area contributed by atoms with Gasteiger partial charge in [-0.15, -0.1) is 0 Å². The van der Waals surface area contributed by atoms with Gasteiger partial charge in [0, 0.05) is 17.5 Å². The molecule has 2 rings (SSSR count). The van der Waals surface area contributed by atoms with Crippen LogP contribution in [-0.4, -0.2) is 25.9 Å². The SMILES string of the molecule is COc1cc(O)c(C(CCC=C(C)C)COCc2ccccc2)cc1OC. The summed E-state index contributed by atoms with van der Waals surface area (Å²) in [6.07, 6.45) is 4.01. The van der Waals surface area contributed by atoms with Crippen LogP contribution in [0.3, 0.4) is 0 Å². The van der Waals surface area contributed by atoms with Crippen LogP contribution in [0.5, 0.6) is 17.2 Å². The maximum atomic E-state index is 10.5. The lowest BCUT2D eigenvalue weighted by atomic mass is 9.93. The molecule has 0 aliphatic heterocycles. The second-order valence-electron chi connectivity index (χ2n) is 6.82. The summed E-state index contributed by atoms with van der Waals surface area (Å²) in [6.45, 7) is 5.26. The quantitative estimate of drug-likeness (QED) is 0.565. The molecule has 0 amide bonds. The van der Waals surface area contributed by atoms with Crippen LogP contribution in [0.2, 0.25) is 0 Å². The van der Waals surface area contributed by atoms with E-state index in [1.54, 1.807) is 20.3 Å². The summed E-state index contributed by atoms with van der Waals surface area (Å²) in [5, 5.41) is 10.5. The Morgan fingerprint density at radius 1 is 1.04 bits per heavy atom. The molecular weight excluding hydrogens is 340 g/mol. The number of methoxy groups -OCH3 is 2. The molecule has 0 radical (unpaired) electrons. The highest BCUT2D eigenvalue weighted by Gasteiger charge is 2.19. The summed E-state index contributed by atoms with van der Waals surface area (Å²) in [6, 6.07) is 13.6. The zero-order valence-electron chi connectivity index (χ0n) is 16.7. The fourth-order valence-corrected chi connectivity index (χ4v) is 3.01. The molecule has 27 heavy (non-hydrogen) atoms. The average Bonchev–Trinajstić information content (AvgIpc) is 2.67. The zero-order valence-corrected chi connectivity index (χ0v) is 16.7. The number of allylic oxidation sites excluding steroid dienone is 2. The highest BCUT2D eigenvalue weighted by molar-refractivity contribution is 5.51. The average molecular weight is 370 g/mol. The minimum absolute atomic E-state index is 0.0594. The van der Waals surface area contributed by atoms with Gasteiger partial charge in [-0.2, -0.15) is 0 Å². The van der Waals surface area contributed by atoms with Crippen LogP contribution in [-0.2, 0) is 11.3 Å². The molecule has 0 bridgehead atoms. The van der Waals surface area contributed by atoms with E-state index in [0.717, 1.165) is 24.0 Å². The van der Waals surface area contributed by atoms with E-state index in [1.165, 1.54) is 5.57 Å². The first-order valence-electron chi connectivity index (χ1n) is 9.25. The number of phenols is 1. The number of aromatic hydroxyl groups is 1. The van der Waals surface area contributed by atoms with Crippen LogP contribution in [0.25, 0.3) is 0 Å². The van der Waals surface area contributed by atoms with Gasteiger partial charge >= 0.3 is 0 Å². The molecule has 0 aromatic heterocycles. The monoisotopic (exact) mass is 370 g/mol. The molecular formula is C23H30O4. The lowest BCUT2D eigenvalue weighted by molar-refractivity contribution is 0.104. The van der Waals surface area contributed by atoms with E-state index in [2.05, 4.69) is 19.9 Å². The van der Waals surface area contributed by atoms with E-state index in [9.17, 15) is 5.11 Å². The maximum Gasteiger partial charge on any atom is 0.164 e. The van der Waals surface area contributed by atoms with Crippen LogP contribution in [0, 0.1) is 0 Å². The highest BCUT2D eigenvalue weighted by Crippen LogP contribution is 2.39. The normalized spacial score (nSPS) is 11.7. The Morgan fingerprint density at radius 3 is 2.33 bits per heavy atom. The zero-order chi connectivity index (χ0) is 19.6. The second-order valence-corrected chi connectivity index (χ2v) is 6.82. The molecule has 1 unspecified atom stereocenters. The van der Waals surface area contributed by atoms with Crippen LogP contribution < -0.4 is 9.47 Å². The molecule has 0 fully saturated rings. The lowest BCUT2D eigenvalue weighted by Crippen LogP contribution is -2.09. The van der Waals surface area contributed by atoms with Gasteiger partial charge in [0.2, 0.25) is 0 Å². The van der Waals surface area contributed by atoms with E-state index in [-0.39, 0.29) is 11.7 Å². The Balaban J connectivity index is 2.16. The van der Waals surface area contributed by atoms with Crippen molar-refractivity contribution in [1.82, 2.24) is 0 Å².